The zero-order valence-electron chi connectivity index (χ0n) is 21.3. The lowest BCUT2D eigenvalue weighted by atomic mass is 9.91. The lowest BCUT2D eigenvalue weighted by Crippen LogP contribution is -2.52. The fourth-order valence-electron chi connectivity index (χ4n) is 5.42. The van der Waals surface area contributed by atoms with Gasteiger partial charge in [-0.05, 0) is 60.2 Å². The van der Waals surface area contributed by atoms with Crippen molar-refractivity contribution >= 4 is 5.91 Å². The highest BCUT2D eigenvalue weighted by Crippen LogP contribution is 2.34. The van der Waals surface area contributed by atoms with Crippen molar-refractivity contribution in [2.45, 2.75) is 45.4 Å². The van der Waals surface area contributed by atoms with Crippen LogP contribution < -0.4 is 14.2 Å². The SMILES string of the molecule is CCOc1ccccc1CN1Cc2ccccc2C[C@H]1C(=O)N1CCc2cc(OC)c(OC)cc2C1. The molecule has 0 saturated heterocycles. The molecule has 0 spiro atoms. The van der Waals surface area contributed by atoms with Crippen LogP contribution in [0.25, 0.3) is 0 Å². The van der Waals surface area contributed by atoms with Crippen LogP contribution in [-0.2, 0) is 37.3 Å². The van der Waals surface area contributed by atoms with E-state index in [2.05, 4.69) is 35.2 Å². The molecule has 1 amide bonds. The smallest absolute Gasteiger partial charge is 0.240 e. The Morgan fingerprint density at radius 1 is 0.861 bits per heavy atom. The van der Waals surface area contributed by atoms with E-state index in [0.717, 1.165) is 35.6 Å². The predicted molar refractivity (Wildman–Crippen MR) is 139 cm³/mol. The number of carbonyl (C=O) groups is 1. The fourth-order valence-corrected chi connectivity index (χ4v) is 5.42. The second-order valence-electron chi connectivity index (χ2n) is 9.42. The van der Waals surface area contributed by atoms with Crippen LogP contribution in [0.2, 0.25) is 0 Å². The molecule has 5 rings (SSSR count). The Labute approximate surface area is 213 Å². The van der Waals surface area contributed by atoms with Gasteiger partial charge in [-0.1, -0.05) is 42.5 Å². The van der Waals surface area contributed by atoms with Gasteiger partial charge in [-0.3, -0.25) is 9.69 Å². The number of methoxy groups -OCH3 is 2. The number of hydrogen-bond acceptors (Lipinski definition) is 5. The maximum absolute atomic E-state index is 14.1. The van der Waals surface area contributed by atoms with Gasteiger partial charge in [0, 0.05) is 31.7 Å². The first-order chi connectivity index (χ1) is 17.6. The molecule has 0 radical (unpaired) electrons. The highest BCUT2D eigenvalue weighted by atomic mass is 16.5. The molecule has 0 aromatic heterocycles. The van der Waals surface area contributed by atoms with Crippen LogP contribution in [0.4, 0.5) is 0 Å². The van der Waals surface area contributed by atoms with Crippen molar-refractivity contribution in [3.63, 3.8) is 0 Å². The van der Waals surface area contributed by atoms with Crippen LogP contribution in [0.15, 0.2) is 60.7 Å². The van der Waals surface area contributed by atoms with E-state index in [-0.39, 0.29) is 11.9 Å². The van der Waals surface area contributed by atoms with Gasteiger partial charge in [-0.15, -0.1) is 0 Å². The summed E-state index contributed by atoms with van der Waals surface area (Å²) in [5, 5.41) is 0. The van der Waals surface area contributed by atoms with Gasteiger partial charge in [0.2, 0.25) is 5.91 Å². The van der Waals surface area contributed by atoms with Gasteiger partial charge in [-0.2, -0.15) is 0 Å². The van der Waals surface area contributed by atoms with E-state index in [4.69, 9.17) is 14.2 Å². The van der Waals surface area contributed by atoms with Crippen LogP contribution >= 0.6 is 0 Å². The molecular formula is C30H34N2O4. The number of amides is 1. The van der Waals surface area contributed by atoms with E-state index in [1.54, 1.807) is 14.2 Å². The average Bonchev–Trinajstić information content (AvgIpc) is 2.92. The number of ether oxygens (including phenoxy) is 3. The lowest BCUT2D eigenvalue weighted by molar-refractivity contribution is -0.139. The summed E-state index contributed by atoms with van der Waals surface area (Å²) >= 11 is 0. The Hall–Kier alpha value is -3.51. The molecular weight excluding hydrogens is 452 g/mol. The number of carbonyl (C=O) groups excluding carboxylic acids is 1. The van der Waals surface area contributed by atoms with E-state index in [0.29, 0.717) is 38.4 Å². The summed E-state index contributed by atoms with van der Waals surface area (Å²) in [4.78, 5) is 18.4. The first-order valence-electron chi connectivity index (χ1n) is 12.6. The molecule has 3 aromatic carbocycles. The van der Waals surface area contributed by atoms with Gasteiger partial charge in [0.1, 0.15) is 5.75 Å². The lowest BCUT2D eigenvalue weighted by Gasteiger charge is -2.40. The minimum atomic E-state index is -0.226. The third-order valence-corrected chi connectivity index (χ3v) is 7.31. The molecule has 0 fully saturated rings. The molecule has 6 nitrogen and oxygen atoms in total. The van der Waals surface area contributed by atoms with Crippen molar-refractivity contribution in [1.29, 1.82) is 0 Å². The molecule has 36 heavy (non-hydrogen) atoms. The topological polar surface area (TPSA) is 51.2 Å². The predicted octanol–water partition coefficient (Wildman–Crippen LogP) is 4.61. The van der Waals surface area contributed by atoms with Crippen molar-refractivity contribution in [2.75, 3.05) is 27.4 Å². The third-order valence-electron chi connectivity index (χ3n) is 7.31. The Morgan fingerprint density at radius 3 is 2.31 bits per heavy atom. The summed E-state index contributed by atoms with van der Waals surface area (Å²) in [5.74, 6) is 2.50. The summed E-state index contributed by atoms with van der Waals surface area (Å²) in [6.45, 7) is 5.29. The molecule has 0 unspecified atom stereocenters. The fraction of sp³-hybridized carbons (Fsp3) is 0.367. The number of hydrogen-bond donors (Lipinski definition) is 0. The standard InChI is InChI=1S/C30H34N2O4/c1-4-36-27-12-8-7-11-24(27)19-32-18-23-10-6-5-9-21(23)15-26(32)30(33)31-14-13-22-16-28(34-2)29(35-3)17-25(22)20-31/h5-12,16-17,26H,4,13-15,18-20H2,1-3H3/t26-/m0/s1. The molecule has 2 heterocycles. The van der Waals surface area contributed by atoms with Gasteiger partial charge < -0.3 is 19.1 Å². The van der Waals surface area contributed by atoms with Crippen LogP contribution in [0, 0.1) is 0 Å². The molecule has 0 aliphatic carbocycles. The van der Waals surface area contributed by atoms with Gasteiger partial charge >= 0.3 is 0 Å². The minimum absolute atomic E-state index is 0.179. The van der Waals surface area contributed by atoms with E-state index in [1.165, 1.54) is 16.7 Å². The first kappa shape index (κ1) is 24.2. The summed E-state index contributed by atoms with van der Waals surface area (Å²) in [7, 11) is 3.30. The quantitative estimate of drug-likeness (QED) is 0.488. The number of nitrogens with zero attached hydrogens (tertiary/aromatic N) is 2. The first-order valence-corrected chi connectivity index (χ1v) is 12.6. The third kappa shape index (κ3) is 4.78. The highest BCUT2D eigenvalue weighted by Gasteiger charge is 2.35. The van der Waals surface area contributed by atoms with Gasteiger partial charge in [-0.25, -0.2) is 0 Å². The second kappa shape index (κ2) is 10.6. The van der Waals surface area contributed by atoms with Gasteiger partial charge in [0.05, 0.1) is 26.9 Å². The van der Waals surface area contributed by atoms with E-state index in [9.17, 15) is 4.79 Å². The Morgan fingerprint density at radius 2 is 1.56 bits per heavy atom. The molecule has 2 aliphatic heterocycles. The highest BCUT2D eigenvalue weighted by molar-refractivity contribution is 5.83. The molecule has 2 aliphatic rings. The van der Waals surface area contributed by atoms with Crippen LogP contribution in [-0.4, -0.2) is 49.1 Å². The number of benzene rings is 3. The molecule has 0 bridgehead atoms. The monoisotopic (exact) mass is 486 g/mol. The number of fused-ring (bicyclic) bond motifs is 2. The average molecular weight is 487 g/mol. The molecule has 0 N–H and O–H groups in total. The maximum atomic E-state index is 14.1. The molecule has 188 valence electrons. The summed E-state index contributed by atoms with van der Waals surface area (Å²) in [5.41, 5.74) is 5.99. The Balaban J connectivity index is 1.42. The summed E-state index contributed by atoms with van der Waals surface area (Å²) in [6.07, 6.45) is 1.51. The van der Waals surface area contributed by atoms with Crippen LogP contribution in [0.3, 0.4) is 0 Å². The molecule has 0 saturated carbocycles. The van der Waals surface area contributed by atoms with Gasteiger partial charge in [0.15, 0.2) is 11.5 Å². The molecule has 3 aromatic rings. The van der Waals surface area contributed by atoms with Gasteiger partial charge in [0.25, 0.3) is 0 Å². The van der Waals surface area contributed by atoms with Crippen molar-refractivity contribution in [2.24, 2.45) is 0 Å². The van der Waals surface area contributed by atoms with E-state index in [1.807, 2.05) is 42.2 Å². The normalized spacial score (nSPS) is 17.2. The Bertz CT molecular complexity index is 1240. The van der Waals surface area contributed by atoms with Crippen molar-refractivity contribution < 1.29 is 19.0 Å². The Kier molecular flexibility index (Phi) is 7.14. The second-order valence-corrected chi connectivity index (χ2v) is 9.42. The van der Waals surface area contributed by atoms with Crippen molar-refractivity contribution in [3.8, 4) is 17.2 Å². The molecule has 6 heteroatoms. The minimum Gasteiger partial charge on any atom is -0.494 e. The van der Waals surface area contributed by atoms with Crippen LogP contribution in [0.1, 0.15) is 34.7 Å². The summed E-state index contributed by atoms with van der Waals surface area (Å²) in [6, 6.07) is 20.5. The maximum Gasteiger partial charge on any atom is 0.240 e. The number of rotatable bonds is 7. The summed E-state index contributed by atoms with van der Waals surface area (Å²) < 4.78 is 16.9. The van der Waals surface area contributed by atoms with E-state index >= 15 is 0 Å². The largest absolute Gasteiger partial charge is 0.494 e. The van der Waals surface area contributed by atoms with Crippen molar-refractivity contribution in [1.82, 2.24) is 9.80 Å². The van der Waals surface area contributed by atoms with Crippen LogP contribution in [0.5, 0.6) is 17.2 Å². The number of para-hydroxylation sites is 1. The zero-order chi connectivity index (χ0) is 25.1. The zero-order valence-corrected chi connectivity index (χ0v) is 21.3. The van der Waals surface area contributed by atoms with Crippen molar-refractivity contribution in [3.05, 3.63) is 88.5 Å². The molecule has 1 atom stereocenters. The van der Waals surface area contributed by atoms with E-state index < -0.39 is 0 Å².